The van der Waals surface area contributed by atoms with Gasteiger partial charge in [-0.1, -0.05) is 17.4 Å². The van der Waals surface area contributed by atoms with Gasteiger partial charge in [0.2, 0.25) is 4.96 Å². The van der Waals surface area contributed by atoms with Gasteiger partial charge >= 0.3 is 5.97 Å². The SMILES string of the molecule is COCc1nn2c(=O)cc(COC(=O)c3cccc(F)c3)nc2s1. The van der Waals surface area contributed by atoms with Crippen LogP contribution in [0.1, 0.15) is 21.1 Å². The number of hydrogen-bond acceptors (Lipinski definition) is 7. The van der Waals surface area contributed by atoms with Gasteiger partial charge in [-0.3, -0.25) is 4.79 Å². The minimum Gasteiger partial charge on any atom is -0.456 e. The fourth-order valence-electron chi connectivity index (χ4n) is 1.99. The van der Waals surface area contributed by atoms with Crippen molar-refractivity contribution in [2.75, 3.05) is 7.11 Å². The van der Waals surface area contributed by atoms with Gasteiger partial charge in [-0.15, -0.1) is 0 Å². The van der Waals surface area contributed by atoms with Crippen molar-refractivity contribution in [3.8, 4) is 0 Å². The van der Waals surface area contributed by atoms with E-state index in [1.807, 2.05) is 0 Å². The maximum absolute atomic E-state index is 13.1. The van der Waals surface area contributed by atoms with Gasteiger partial charge in [-0.05, 0) is 18.2 Å². The lowest BCUT2D eigenvalue weighted by Crippen LogP contribution is -2.16. The standard InChI is InChI=1S/C15H12FN3O4S/c1-22-8-12-18-19-13(20)6-11(17-15(19)24-12)7-23-14(21)9-3-2-4-10(16)5-9/h2-6H,7-8H2,1H3. The smallest absolute Gasteiger partial charge is 0.338 e. The summed E-state index contributed by atoms with van der Waals surface area (Å²) in [6, 6.07) is 6.40. The summed E-state index contributed by atoms with van der Waals surface area (Å²) >= 11 is 1.21. The van der Waals surface area contributed by atoms with Crippen LogP contribution in [0, 0.1) is 5.82 Å². The molecule has 24 heavy (non-hydrogen) atoms. The minimum absolute atomic E-state index is 0.0907. The zero-order valence-corrected chi connectivity index (χ0v) is 13.4. The van der Waals surface area contributed by atoms with Crippen LogP contribution in [0.25, 0.3) is 4.96 Å². The van der Waals surface area contributed by atoms with Crippen molar-refractivity contribution in [2.45, 2.75) is 13.2 Å². The van der Waals surface area contributed by atoms with Crippen molar-refractivity contribution >= 4 is 22.3 Å². The largest absolute Gasteiger partial charge is 0.456 e. The second kappa shape index (κ2) is 6.85. The van der Waals surface area contributed by atoms with E-state index in [9.17, 15) is 14.0 Å². The average Bonchev–Trinajstić information content (AvgIpc) is 2.96. The third kappa shape index (κ3) is 3.47. The second-order valence-electron chi connectivity index (χ2n) is 4.80. The monoisotopic (exact) mass is 349 g/mol. The Morgan fingerprint density at radius 2 is 2.17 bits per heavy atom. The molecule has 0 spiro atoms. The van der Waals surface area contributed by atoms with Gasteiger partial charge < -0.3 is 9.47 Å². The Hall–Kier alpha value is -2.65. The van der Waals surface area contributed by atoms with E-state index >= 15 is 0 Å². The summed E-state index contributed by atoms with van der Waals surface area (Å²) in [5.41, 5.74) is 0.000693. The fourth-order valence-corrected chi connectivity index (χ4v) is 2.88. The normalized spacial score (nSPS) is 10.9. The van der Waals surface area contributed by atoms with Crippen molar-refractivity contribution in [1.82, 2.24) is 14.6 Å². The molecule has 0 unspecified atom stereocenters. The van der Waals surface area contributed by atoms with Gasteiger partial charge in [-0.25, -0.2) is 14.2 Å². The van der Waals surface area contributed by atoms with Crippen LogP contribution in [-0.4, -0.2) is 27.7 Å². The molecule has 3 aromatic rings. The molecule has 0 bridgehead atoms. The van der Waals surface area contributed by atoms with Crippen LogP contribution in [0.3, 0.4) is 0 Å². The third-order valence-corrected chi connectivity index (χ3v) is 3.90. The first-order valence-corrected chi connectivity index (χ1v) is 7.69. The first-order valence-electron chi connectivity index (χ1n) is 6.87. The topological polar surface area (TPSA) is 82.8 Å². The third-order valence-electron chi connectivity index (χ3n) is 3.02. The van der Waals surface area contributed by atoms with Crippen LogP contribution >= 0.6 is 11.3 Å². The van der Waals surface area contributed by atoms with Gasteiger partial charge in [0, 0.05) is 13.2 Å². The van der Waals surface area contributed by atoms with Crippen molar-refractivity contribution in [1.29, 1.82) is 0 Å². The highest BCUT2D eigenvalue weighted by Gasteiger charge is 2.12. The number of benzene rings is 1. The maximum Gasteiger partial charge on any atom is 0.338 e. The first kappa shape index (κ1) is 16.2. The summed E-state index contributed by atoms with van der Waals surface area (Å²) in [5.74, 6) is -1.22. The number of rotatable bonds is 5. The fraction of sp³-hybridized carbons (Fsp3) is 0.200. The van der Waals surface area contributed by atoms with Gasteiger partial charge in [-0.2, -0.15) is 9.61 Å². The molecule has 7 nitrogen and oxygen atoms in total. The molecule has 0 N–H and O–H groups in total. The maximum atomic E-state index is 13.1. The lowest BCUT2D eigenvalue weighted by molar-refractivity contribution is 0.0467. The molecule has 0 fully saturated rings. The number of esters is 1. The number of halogens is 1. The van der Waals surface area contributed by atoms with Crippen LogP contribution in [-0.2, 0) is 22.7 Å². The predicted molar refractivity (Wildman–Crippen MR) is 83.4 cm³/mol. The number of hydrogen-bond donors (Lipinski definition) is 0. The molecule has 3 rings (SSSR count). The van der Waals surface area contributed by atoms with Gasteiger partial charge in [0.25, 0.3) is 5.56 Å². The van der Waals surface area contributed by atoms with E-state index in [-0.39, 0.29) is 30.0 Å². The number of fused-ring (bicyclic) bond motifs is 1. The molecule has 2 aromatic heterocycles. The van der Waals surface area contributed by atoms with Gasteiger partial charge in [0.05, 0.1) is 17.9 Å². The van der Waals surface area contributed by atoms with E-state index in [0.29, 0.717) is 9.97 Å². The lowest BCUT2D eigenvalue weighted by Gasteiger charge is -2.04. The van der Waals surface area contributed by atoms with E-state index in [2.05, 4.69) is 10.1 Å². The molecule has 0 saturated carbocycles. The van der Waals surface area contributed by atoms with Crippen molar-refractivity contribution in [2.24, 2.45) is 0 Å². The van der Waals surface area contributed by atoms with Gasteiger partial charge in [0.1, 0.15) is 17.4 Å². The Morgan fingerprint density at radius 3 is 2.92 bits per heavy atom. The molecule has 0 amide bonds. The molecule has 1 aromatic carbocycles. The Bertz CT molecular complexity index is 953. The number of nitrogens with zero attached hydrogens (tertiary/aromatic N) is 3. The molecule has 9 heteroatoms. The molecule has 0 aliphatic heterocycles. The first-order chi connectivity index (χ1) is 11.6. The lowest BCUT2D eigenvalue weighted by atomic mass is 10.2. The van der Waals surface area contributed by atoms with Crippen LogP contribution < -0.4 is 5.56 Å². The Balaban J connectivity index is 1.77. The summed E-state index contributed by atoms with van der Waals surface area (Å²) in [6.45, 7) is 0.0793. The van der Waals surface area contributed by atoms with Crippen LogP contribution in [0.4, 0.5) is 4.39 Å². The minimum atomic E-state index is -0.694. The summed E-state index contributed by atoms with van der Waals surface area (Å²) in [5, 5.41) is 4.69. The molecular formula is C15H12FN3O4S. The molecule has 0 aliphatic carbocycles. The number of methoxy groups -OCH3 is 1. The van der Waals surface area contributed by atoms with E-state index in [1.165, 1.54) is 42.7 Å². The Labute approximate surface area is 139 Å². The zero-order chi connectivity index (χ0) is 17.1. The molecule has 0 saturated heterocycles. The average molecular weight is 349 g/mol. The van der Waals surface area contributed by atoms with E-state index in [4.69, 9.17) is 9.47 Å². The molecule has 0 radical (unpaired) electrons. The zero-order valence-electron chi connectivity index (χ0n) is 12.6. The predicted octanol–water partition coefficient (Wildman–Crippen LogP) is 1.79. The highest BCUT2D eigenvalue weighted by molar-refractivity contribution is 7.16. The summed E-state index contributed by atoms with van der Waals surface area (Å²) in [6.07, 6.45) is 0. The van der Waals surface area contributed by atoms with Crippen LogP contribution in [0.15, 0.2) is 35.1 Å². The van der Waals surface area contributed by atoms with Crippen molar-refractivity contribution < 1.29 is 18.7 Å². The van der Waals surface area contributed by atoms with E-state index < -0.39 is 11.8 Å². The highest BCUT2D eigenvalue weighted by Crippen LogP contribution is 2.13. The Morgan fingerprint density at radius 1 is 1.33 bits per heavy atom. The highest BCUT2D eigenvalue weighted by atomic mass is 32.1. The number of ether oxygens (including phenoxy) is 2. The summed E-state index contributed by atoms with van der Waals surface area (Å²) in [4.78, 5) is 28.5. The summed E-state index contributed by atoms with van der Waals surface area (Å²) in [7, 11) is 1.53. The van der Waals surface area contributed by atoms with Crippen molar-refractivity contribution in [3.63, 3.8) is 0 Å². The molecule has 0 aliphatic rings. The number of carbonyl (C=O) groups excluding carboxylic acids is 1. The quantitative estimate of drug-likeness (QED) is 0.653. The van der Waals surface area contributed by atoms with Gasteiger partial charge in [0.15, 0.2) is 0 Å². The number of aromatic nitrogens is 3. The Kier molecular flexibility index (Phi) is 4.63. The molecule has 0 atom stereocenters. The number of carbonyl (C=O) groups is 1. The molecular weight excluding hydrogens is 337 g/mol. The van der Waals surface area contributed by atoms with Crippen LogP contribution in [0.5, 0.6) is 0 Å². The molecule has 2 heterocycles. The van der Waals surface area contributed by atoms with E-state index in [0.717, 1.165) is 10.6 Å². The van der Waals surface area contributed by atoms with Crippen LogP contribution in [0.2, 0.25) is 0 Å². The van der Waals surface area contributed by atoms with E-state index in [1.54, 1.807) is 0 Å². The molecule has 124 valence electrons. The summed E-state index contributed by atoms with van der Waals surface area (Å²) < 4.78 is 24.3. The second-order valence-corrected chi connectivity index (χ2v) is 5.84. The van der Waals surface area contributed by atoms with Crippen molar-refractivity contribution in [3.05, 3.63) is 62.8 Å².